The first-order valence-corrected chi connectivity index (χ1v) is 9.15. The van der Waals surface area contributed by atoms with E-state index in [1.165, 1.54) is 12.1 Å². The number of likely N-dealkylation sites (tertiary alicyclic amines) is 1. The predicted octanol–water partition coefficient (Wildman–Crippen LogP) is 1.10. The van der Waals surface area contributed by atoms with Gasteiger partial charge < -0.3 is 14.8 Å². The minimum absolute atomic E-state index is 0.219. The number of nitrogens with one attached hydrogen (secondary N) is 2. The zero-order valence-corrected chi connectivity index (χ0v) is 15.2. The Morgan fingerprint density at radius 2 is 1.68 bits per heavy atom. The molecule has 2 aliphatic heterocycles. The van der Waals surface area contributed by atoms with Crippen LogP contribution >= 0.6 is 0 Å². The van der Waals surface area contributed by atoms with E-state index in [-0.39, 0.29) is 23.1 Å². The molecule has 1 spiro atoms. The van der Waals surface area contributed by atoms with E-state index in [1.807, 2.05) is 30.3 Å². The summed E-state index contributed by atoms with van der Waals surface area (Å²) in [5, 5.41) is 2.43. The molecule has 144 valence electrons. The van der Waals surface area contributed by atoms with Crippen molar-refractivity contribution in [3.8, 4) is 0 Å². The molecule has 0 unspecified atom stereocenters. The van der Waals surface area contributed by atoms with Crippen molar-refractivity contribution in [3.05, 3.63) is 70.1 Å². The summed E-state index contributed by atoms with van der Waals surface area (Å²) in [7, 11) is 0. The molecule has 28 heavy (non-hydrogen) atoms. The highest BCUT2D eigenvalue weighted by atomic mass is 16.2. The molecule has 3 heterocycles. The maximum atomic E-state index is 12.6. The van der Waals surface area contributed by atoms with Crippen LogP contribution in [-0.2, 0) is 11.3 Å². The lowest BCUT2D eigenvalue weighted by molar-refractivity contribution is -0.129. The van der Waals surface area contributed by atoms with Crippen LogP contribution in [0, 0.1) is 0 Å². The third kappa shape index (κ3) is 3.06. The van der Waals surface area contributed by atoms with E-state index < -0.39 is 11.6 Å². The quantitative estimate of drug-likeness (QED) is 0.779. The zero-order valence-electron chi connectivity index (χ0n) is 15.2. The molecule has 2 aromatic rings. The lowest BCUT2D eigenvalue weighted by atomic mass is 9.85. The van der Waals surface area contributed by atoms with Crippen molar-refractivity contribution in [1.82, 2.24) is 20.1 Å². The molecule has 1 aromatic heterocycles. The molecule has 2 aliphatic rings. The maximum absolute atomic E-state index is 12.6. The largest absolute Gasteiger partial charge is 0.337 e. The van der Waals surface area contributed by atoms with Gasteiger partial charge in [-0.2, -0.15) is 0 Å². The van der Waals surface area contributed by atoms with Gasteiger partial charge in [0.05, 0.1) is 0 Å². The van der Waals surface area contributed by atoms with Crippen LogP contribution in [0.3, 0.4) is 0 Å². The standard InChI is InChI=1S/C20H20N4O4/c25-16-8-4-7-15(21-16)17(26)23-11-9-20(10-12-23)18(27)22-19(28)24(20)13-14-5-2-1-3-6-14/h1-8H,9-13H2,(H,21,25)(H,22,27,28). The van der Waals surface area contributed by atoms with Gasteiger partial charge >= 0.3 is 6.03 Å². The van der Waals surface area contributed by atoms with Crippen molar-refractivity contribution in [2.24, 2.45) is 0 Å². The number of nitrogens with zero attached hydrogens (tertiary/aromatic N) is 2. The molecule has 2 fully saturated rings. The van der Waals surface area contributed by atoms with E-state index in [2.05, 4.69) is 10.3 Å². The Morgan fingerprint density at radius 1 is 0.964 bits per heavy atom. The number of pyridine rings is 1. The first kappa shape index (κ1) is 18.0. The van der Waals surface area contributed by atoms with Gasteiger partial charge in [0.15, 0.2) is 0 Å². The zero-order chi connectivity index (χ0) is 19.7. The Bertz CT molecular complexity index is 977. The van der Waals surface area contributed by atoms with Crippen molar-refractivity contribution in [3.63, 3.8) is 0 Å². The fraction of sp³-hybridized carbons (Fsp3) is 0.300. The van der Waals surface area contributed by atoms with Gasteiger partial charge in [0.25, 0.3) is 11.8 Å². The summed E-state index contributed by atoms with van der Waals surface area (Å²) in [5.74, 6) is -0.597. The number of imide groups is 1. The molecule has 0 aliphatic carbocycles. The number of piperidine rings is 1. The second kappa shape index (κ2) is 6.95. The smallest absolute Gasteiger partial charge is 0.325 e. The minimum Gasteiger partial charge on any atom is -0.337 e. The van der Waals surface area contributed by atoms with Crippen LogP contribution in [0.1, 0.15) is 28.9 Å². The van der Waals surface area contributed by atoms with Gasteiger partial charge in [-0.05, 0) is 24.5 Å². The molecule has 2 saturated heterocycles. The van der Waals surface area contributed by atoms with Crippen LogP contribution in [0.25, 0.3) is 0 Å². The first-order chi connectivity index (χ1) is 13.5. The first-order valence-electron chi connectivity index (χ1n) is 9.15. The summed E-state index contributed by atoms with van der Waals surface area (Å²) in [6.45, 7) is 0.974. The van der Waals surface area contributed by atoms with Gasteiger partial charge in [-0.25, -0.2) is 4.79 Å². The molecule has 0 atom stereocenters. The average molecular weight is 380 g/mol. The number of amides is 4. The average Bonchev–Trinajstić information content (AvgIpc) is 2.93. The Labute approximate surface area is 161 Å². The highest BCUT2D eigenvalue weighted by Gasteiger charge is 2.54. The summed E-state index contributed by atoms with van der Waals surface area (Å²) < 4.78 is 0. The van der Waals surface area contributed by atoms with Crippen molar-refractivity contribution in [2.45, 2.75) is 24.9 Å². The normalized spacial score (nSPS) is 18.4. The number of benzene rings is 1. The van der Waals surface area contributed by atoms with Crippen molar-refractivity contribution >= 4 is 17.8 Å². The predicted molar refractivity (Wildman–Crippen MR) is 100 cm³/mol. The van der Waals surface area contributed by atoms with Crippen molar-refractivity contribution < 1.29 is 14.4 Å². The van der Waals surface area contributed by atoms with E-state index in [1.54, 1.807) is 15.9 Å². The van der Waals surface area contributed by atoms with Crippen LogP contribution in [0.15, 0.2) is 53.3 Å². The SMILES string of the molecule is O=C(c1cccc(=O)[nH]1)N1CCC2(CC1)C(=O)NC(=O)N2Cc1ccccc1. The van der Waals surface area contributed by atoms with Crippen LogP contribution in [-0.4, -0.2) is 51.3 Å². The number of urea groups is 1. The molecule has 0 radical (unpaired) electrons. The number of hydrogen-bond donors (Lipinski definition) is 2. The summed E-state index contributed by atoms with van der Waals surface area (Å²) in [5.41, 5.74) is -0.133. The number of H-pyrrole nitrogens is 1. The fourth-order valence-electron chi connectivity index (χ4n) is 3.91. The molecule has 4 amide bonds. The van der Waals surface area contributed by atoms with E-state index >= 15 is 0 Å². The molecule has 0 bridgehead atoms. The molecule has 8 heteroatoms. The molecular formula is C20H20N4O4. The van der Waals surface area contributed by atoms with Gasteiger partial charge in [-0.3, -0.25) is 19.7 Å². The van der Waals surface area contributed by atoms with Gasteiger partial charge in [0.1, 0.15) is 11.2 Å². The molecular weight excluding hydrogens is 360 g/mol. The van der Waals surface area contributed by atoms with E-state index in [0.717, 1.165) is 5.56 Å². The van der Waals surface area contributed by atoms with E-state index in [4.69, 9.17) is 0 Å². The molecule has 8 nitrogen and oxygen atoms in total. The van der Waals surface area contributed by atoms with Crippen LogP contribution in [0.5, 0.6) is 0 Å². The van der Waals surface area contributed by atoms with Crippen LogP contribution in [0.4, 0.5) is 4.79 Å². The van der Waals surface area contributed by atoms with Gasteiger partial charge in [0.2, 0.25) is 5.56 Å². The van der Waals surface area contributed by atoms with Gasteiger partial charge in [0, 0.05) is 25.7 Å². The number of aromatic nitrogens is 1. The van der Waals surface area contributed by atoms with Gasteiger partial charge in [-0.15, -0.1) is 0 Å². The number of carbonyl (C=O) groups excluding carboxylic acids is 3. The van der Waals surface area contributed by atoms with Crippen LogP contribution in [0.2, 0.25) is 0 Å². The Morgan fingerprint density at radius 3 is 2.36 bits per heavy atom. The van der Waals surface area contributed by atoms with Crippen LogP contribution < -0.4 is 10.9 Å². The number of rotatable bonds is 3. The Kier molecular flexibility index (Phi) is 4.46. The number of aromatic amines is 1. The Balaban J connectivity index is 1.52. The monoisotopic (exact) mass is 380 g/mol. The summed E-state index contributed by atoms with van der Waals surface area (Å²) in [6, 6.07) is 13.5. The molecule has 0 saturated carbocycles. The lowest BCUT2D eigenvalue weighted by Crippen LogP contribution is -2.57. The second-order valence-electron chi connectivity index (χ2n) is 7.08. The summed E-state index contributed by atoms with van der Waals surface area (Å²) in [6.07, 6.45) is 0.695. The summed E-state index contributed by atoms with van der Waals surface area (Å²) in [4.78, 5) is 54.9. The Hall–Kier alpha value is -3.42. The maximum Gasteiger partial charge on any atom is 0.325 e. The third-order valence-electron chi connectivity index (χ3n) is 5.47. The third-order valence-corrected chi connectivity index (χ3v) is 5.47. The molecule has 1 aromatic carbocycles. The van der Waals surface area contributed by atoms with Gasteiger partial charge in [-0.1, -0.05) is 36.4 Å². The minimum atomic E-state index is -0.951. The topological polar surface area (TPSA) is 103 Å². The van der Waals surface area contributed by atoms with Crippen molar-refractivity contribution in [2.75, 3.05) is 13.1 Å². The fourth-order valence-corrected chi connectivity index (χ4v) is 3.91. The van der Waals surface area contributed by atoms with E-state index in [0.29, 0.717) is 32.5 Å². The molecule has 4 rings (SSSR count). The second-order valence-corrected chi connectivity index (χ2v) is 7.08. The van der Waals surface area contributed by atoms with Crippen molar-refractivity contribution in [1.29, 1.82) is 0 Å². The highest BCUT2D eigenvalue weighted by molar-refractivity contribution is 6.07. The summed E-state index contributed by atoms with van der Waals surface area (Å²) >= 11 is 0. The highest BCUT2D eigenvalue weighted by Crippen LogP contribution is 2.34. The number of hydrogen-bond acceptors (Lipinski definition) is 4. The molecule has 2 N–H and O–H groups in total. The lowest BCUT2D eigenvalue weighted by Gasteiger charge is -2.42. The van der Waals surface area contributed by atoms with E-state index in [9.17, 15) is 19.2 Å². The number of carbonyl (C=O) groups is 3.